The molecule has 0 aliphatic rings. The molecule has 0 radical (unpaired) electrons. The standard InChI is InChI=1S/C17H25BrF2O/c1-2-3-4-5-6-7-8-9-10-16(21)17-14(19)11-13(18)12-15(17)20/h11-12,16,21H,2-10H2,1H3. The Morgan fingerprint density at radius 1 is 0.952 bits per heavy atom. The maximum atomic E-state index is 13.7. The number of aliphatic hydroxyl groups excluding tert-OH is 1. The lowest BCUT2D eigenvalue weighted by atomic mass is 10.0. The Morgan fingerprint density at radius 2 is 1.43 bits per heavy atom. The molecule has 1 aromatic carbocycles. The Morgan fingerprint density at radius 3 is 1.95 bits per heavy atom. The van der Waals surface area contributed by atoms with Gasteiger partial charge in [0.05, 0.1) is 11.7 Å². The van der Waals surface area contributed by atoms with Gasteiger partial charge in [-0.05, 0) is 18.6 Å². The molecule has 0 bridgehead atoms. The minimum atomic E-state index is -1.06. The van der Waals surface area contributed by atoms with Crippen molar-refractivity contribution >= 4 is 15.9 Å². The third-order valence-electron chi connectivity index (χ3n) is 3.71. The normalized spacial score (nSPS) is 12.6. The molecule has 1 N–H and O–H groups in total. The van der Waals surface area contributed by atoms with Gasteiger partial charge in [0, 0.05) is 4.47 Å². The van der Waals surface area contributed by atoms with E-state index in [2.05, 4.69) is 22.9 Å². The monoisotopic (exact) mass is 362 g/mol. The molecule has 0 amide bonds. The van der Waals surface area contributed by atoms with Gasteiger partial charge in [-0.25, -0.2) is 8.78 Å². The second-order valence-corrected chi connectivity index (χ2v) is 6.48. The molecule has 1 nitrogen and oxygen atoms in total. The molecule has 1 aromatic rings. The van der Waals surface area contributed by atoms with Crippen LogP contribution in [0.25, 0.3) is 0 Å². The van der Waals surface area contributed by atoms with Gasteiger partial charge in [-0.3, -0.25) is 0 Å². The van der Waals surface area contributed by atoms with Gasteiger partial charge < -0.3 is 5.11 Å². The molecule has 21 heavy (non-hydrogen) atoms. The molecule has 0 saturated carbocycles. The van der Waals surface area contributed by atoms with Gasteiger partial charge >= 0.3 is 0 Å². The van der Waals surface area contributed by atoms with Crippen molar-refractivity contribution in [2.24, 2.45) is 0 Å². The molecule has 0 saturated heterocycles. The molecule has 1 rings (SSSR count). The summed E-state index contributed by atoms with van der Waals surface area (Å²) in [5, 5.41) is 9.95. The second-order valence-electron chi connectivity index (χ2n) is 5.56. The highest BCUT2D eigenvalue weighted by Crippen LogP contribution is 2.28. The van der Waals surface area contributed by atoms with E-state index in [4.69, 9.17) is 0 Å². The van der Waals surface area contributed by atoms with Crippen LogP contribution in [-0.4, -0.2) is 5.11 Å². The predicted octanol–water partition coefficient (Wildman–Crippen LogP) is 6.29. The Balaban J connectivity index is 2.27. The first-order chi connectivity index (χ1) is 10.1. The average molecular weight is 363 g/mol. The molecule has 0 aliphatic carbocycles. The van der Waals surface area contributed by atoms with E-state index < -0.39 is 17.7 Å². The van der Waals surface area contributed by atoms with Crippen molar-refractivity contribution in [3.05, 3.63) is 33.8 Å². The third-order valence-corrected chi connectivity index (χ3v) is 4.17. The van der Waals surface area contributed by atoms with E-state index in [0.717, 1.165) is 19.3 Å². The van der Waals surface area contributed by atoms with Crippen molar-refractivity contribution in [3.63, 3.8) is 0 Å². The van der Waals surface area contributed by atoms with Crippen molar-refractivity contribution in [3.8, 4) is 0 Å². The highest BCUT2D eigenvalue weighted by molar-refractivity contribution is 9.10. The number of unbranched alkanes of at least 4 members (excludes halogenated alkanes) is 7. The molecule has 0 heterocycles. The lowest BCUT2D eigenvalue weighted by Gasteiger charge is -2.13. The van der Waals surface area contributed by atoms with Crippen molar-refractivity contribution in [2.45, 2.75) is 70.8 Å². The molecule has 0 spiro atoms. The van der Waals surface area contributed by atoms with E-state index >= 15 is 0 Å². The second kappa shape index (κ2) is 10.3. The average Bonchev–Trinajstić information content (AvgIpc) is 2.40. The molecular weight excluding hydrogens is 338 g/mol. The topological polar surface area (TPSA) is 20.2 Å². The molecule has 0 aliphatic heterocycles. The highest BCUT2D eigenvalue weighted by atomic mass is 79.9. The van der Waals surface area contributed by atoms with E-state index in [0.29, 0.717) is 10.9 Å². The highest BCUT2D eigenvalue weighted by Gasteiger charge is 2.18. The number of halogens is 3. The number of benzene rings is 1. The summed E-state index contributed by atoms with van der Waals surface area (Å²) in [5.41, 5.74) is -0.207. The lowest BCUT2D eigenvalue weighted by Crippen LogP contribution is -2.04. The summed E-state index contributed by atoms with van der Waals surface area (Å²) in [5.74, 6) is -1.37. The van der Waals surface area contributed by atoms with Gasteiger partial charge in [0.1, 0.15) is 11.6 Å². The summed E-state index contributed by atoms with van der Waals surface area (Å²) in [6.07, 6.45) is 8.56. The Kier molecular flexibility index (Phi) is 9.09. The van der Waals surface area contributed by atoms with Crippen LogP contribution in [-0.2, 0) is 0 Å². The maximum absolute atomic E-state index is 13.7. The smallest absolute Gasteiger partial charge is 0.133 e. The molecule has 120 valence electrons. The minimum Gasteiger partial charge on any atom is -0.388 e. The maximum Gasteiger partial charge on any atom is 0.133 e. The van der Waals surface area contributed by atoms with Gasteiger partial charge in [0.25, 0.3) is 0 Å². The van der Waals surface area contributed by atoms with E-state index in [1.807, 2.05) is 0 Å². The molecular formula is C17H25BrF2O. The molecule has 4 heteroatoms. The zero-order valence-corrected chi connectivity index (χ0v) is 14.3. The fourth-order valence-electron chi connectivity index (χ4n) is 2.49. The van der Waals surface area contributed by atoms with Gasteiger partial charge in [-0.1, -0.05) is 74.2 Å². The van der Waals surface area contributed by atoms with E-state index in [-0.39, 0.29) is 5.56 Å². The molecule has 1 atom stereocenters. The van der Waals surface area contributed by atoms with Crippen molar-refractivity contribution in [2.75, 3.05) is 0 Å². The lowest BCUT2D eigenvalue weighted by molar-refractivity contribution is 0.154. The summed E-state index contributed by atoms with van der Waals surface area (Å²) in [4.78, 5) is 0. The zero-order valence-electron chi connectivity index (χ0n) is 12.7. The van der Waals surface area contributed by atoms with Crippen LogP contribution in [0.5, 0.6) is 0 Å². The Labute approximate surface area is 134 Å². The van der Waals surface area contributed by atoms with Crippen LogP contribution in [0.15, 0.2) is 16.6 Å². The van der Waals surface area contributed by atoms with Crippen LogP contribution in [0.4, 0.5) is 8.78 Å². The van der Waals surface area contributed by atoms with Crippen molar-refractivity contribution in [1.29, 1.82) is 0 Å². The summed E-state index contributed by atoms with van der Waals surface area (Å²) in [6.45, 7) is 2.20. The first-order valence-corrected chi connectivity index (χ1v) is 8.68. The summed E-state index contributed by atoms with van der Waals surface area (Å²) in [7, 11) is 0. The van der Waals surface area contributed by atoms with Crippen LogP contribution in [0.2, 0.25) is 0 Å². The van der Waals surface area contributed by atoms with Crippen LogP contribution < -0.4 is 0 Å². The van der Waals surface area contributed by atoms with E-state index in [9.17, 15) is 13.9 Å². The van der Waals surface area contributed by atoms with Crippen molar-refractivity contribution < 1.29 is 13.9 Å². The first kappa shape index (κ1) is 18.6. The van der Waals surface area contributed by atoms with E-state index in [1.54, 1.807) is 0 Å². The Bertz CT molecular complexity index is 400. The van der Waals surface area contributed by atoms with Gasteiger partial charge in [0.2, 0.25) is 0 Å². The SMILES string of the molecule is CCCCCCCCCCC(O)c1c(F)cc(Br)cc1F. The van der Waals surface area contributed by atoms with Gasteiger partial charge in [0.15, 0.2) is 0 Å². The number of hydrogen-bond acceptors (Lipinski definition) is 1. The van der Waals surface area contributed by atoms with E-state index in [1.165, 1.54) is 44.2 Å². The van der Waals surface area contributed by atoms with Crippen LogP contribution >= 0.6 is 15.9 Å². The number of aliphatic hydroxyl groups is 1. The molecule has 0 fully saturated rings. The third kappa shape index (κ3) is 6.88. The first-order valence-electron chi connectivity index (χ1n) is 7.88. The van der Waals surface area contributed by atoms with Crippen molar-refractivity contribution in [1.82, 2.24) is 0 Å². The summed E-state index contributed by atoms with van der Waals surface area (Å²) in [6, 6.07) is 2.38. The summed E-state index contributed by atoms with van der Waals surface area (Å²) >= 11 is 3.03. The molecule has 0 aromatic heterocycles. The minimum absolute atomic E-state index is 0.207. The predicted molar refractivity (Wildman–Crippen MR) is 86.2 cm³/mol. The summed E-state index contributed by atoms with van der Waals surface area (Å²) < 4.78 is 27.7. The zero-order chi connectivity index (χ0) is 15.7. The van der Waals surface area contributed by atoms with Gasteiger partial charge in [-0.15, -0.1) is 0 Å². The molecule has 1 unspecified atom stereocenters. The largest absolute Gasteiger partial charge is 0.388 e. The number of rotatable bonds is 10. The van der Waals surface area contributed by atoms with Crippen LogP contribution in [0.3, 0.4) is 0 Å². The van der Waals surface area contributed by atoms with Crippen LogP contribution in [0.1, 0.15) is 76.4 Å². The quantitative estimate of drug-likeness (QED) is 0.484. The van der Waals surface area contributed by atoms with Crippen LogP contribution in [0, 0.1) is 11.6 Å². The van der Waals surface area contributed by atoms with Gasteiger partial charge in [-0.2, -0.15) is 0 Å². The Hall–Kier alpha value is -0.480. The fourth-order valence-corrected chi connectivity index (χ4v) is 2.89. The fraction of sp³-hybridized carbons (Fsp3) is 0.647. The number of hydrogen-bond donors (Lipinski definition) is 1.